The standard InChI is InChI=1S/C17H25ClN2O2S/c1-22-3-2-20-10-14(18)23-16(20)19-15(21)17-7-11-4-12(8-17)6-13(5-11)9-17/h10-13,16H,2-9H2,1H3,(H,19,21). The second kappa shape index (κ2) is 6.16. The summed E-state index contributed by atoms with van der Waals surface area (Å²) in [6, 6.07) is 0. The van der Waals surface area contributed by atoms with E-state index in [4.69, 9.17) is 16.3 Å². The number of thioether (sulfide) groups is 1. The number of hydrogen-bond acceptors (Lipinski definition) is 4. The molecule has 1 amide bonds. The maximum Gasteiger partial charge on any atom is 0.228 e. The third-order valence-electron chi connectivity index (χ3n) is 6.12. The molecule has 1 aliphatic heterocycles. The van der Waals surface area contributed by atoms with E-state index in [9.17, 15) is 4.79 Å². The quantitative estimate of drug-likeness (QED) is 0.820. The molecule has 5 rings (SSSR count). The lowest BCUT2D eigenvalue weighted by Crippen LogP contribution is -2.56. The molecule has 4 nitrogen and oxygen atoms in total. The van der Waals surface area contributed by atoms with E-state index in [1.165, 1.54) is 31.0 Å². The molecule has 4 saturated carbocycles. The summed E-state index contributed by atoms with van der Waals surface area (Å²) in [7, 11) is 1.69. The van der Waals surface area contributed by atoms with Crippen molar-refractivity contribution in [1.29, 1.82) is 0 Å². The van der Waals surface area contributed by atoms with Crippen molar-refractivity contribution in [3.8, 4) is 0 Å². The lowest BCUT2D eigenvalue weighted by atomic mass is 9.49. The van der Waals surface area contributed by atoms with E-state index in [-0.39, 0.29) is 16.8 Å². The lowest BCUT2D eigenvalue weighted by molar-refractivity contribution is -0.147. The van der Waals surface area contributed by atoms with Crippen LogP contribution in [0.5, 0.6) is 0 Å². The summed E-state index contributed by atoms with van der Waals surface area (Å²) >= 11 is 7.69. The van der Waals surface area contributed by atoms with Gasteiger partial charge in [0.25, 0.3) is 0 Å². The highest BCUT2D eigenvalue weighted by molar-refractivity contribution is 8.05. The first-order chi connectivity index (χ1) is 11.1. The van der Waals surface area contributed by atoms with Crippen LogP contribution in [0.25, 0.3) is 0 Å². The van der Waals surface area contributed by atoms with Crippen molar-refractivity contribution >= 4 is 29.3 Å². The molecule has 1 atom stereocenters. The van der Waals surface area contributed by atoms with E-state index in [2.05, 4.69) is 10.2 Å². The molecule has 1 heterocycles. The summed E-state index contributed by atoms with van der Waals surface area (Å²) in [6.07, 6.45) is 9.29. The third-order valence-corrected chi connectivity index (χ3v) is 7.43. The lowest BCUT2D eigenvalue weighted by Gasteiger charge is -2.55. The van der Waals surface area contributed by atoms with Crippen molar-refractivity contribution in [2.24, 2.45) is 23.2 Å². The van der Waals surface area contributed by atoms with E-state index in [0.29, 0.717) is 6.61 Å². The van der Waals surface area contributed by atoms with Gasteiger partial charge in [-0.15, -0.1) is 0 Å². The maximum absolute atomic E-state index is 13.1. The first-order valence-electron chi connectivity index (χ1n) is 8.67. The highest BCUT2D eigenvalue weighted by atomic mass is 35.5. The van der Waals surface area contributed by atoms with Crippen molar-refractivity contribution in [3.05, 3.63) is 10.6 Å². The highest BCUT2D eigenvalue weighted by Gasteiger charge is 2.55. The molecule has 4 bridgehead atoms. The number of ether oxygens (including phenoxy) is 1. The van der Waals surface area contributed by atoms with Gasteiger partial charge in [0.15, 0.2) is 5.50 Å². The molecule has 4 aliphatic carbocycles. The van der Waals surface area contributed by atoms with Gasteiger partial charge in [0.05, 0.1) is 16.4 Å². The minimum Gasteiger partial charge on any atom is -0.383 e. The summed E-state index contributed by atoms with van der Waals surface area (Å²) in [5.41, 5.74) is -0.185. The molecule has 23 heavy (non-hydrogen) atoms. The van der Waals surface area contributed by atoms with Crippen LogP contribution in [0, 0.1) is 23.2 Å². The molecule has 0 saturated heterocycles. The summed E-state index contributed by atoms with van der Waals surface area (Å²) in [5.74, 6) is 2.62. The van der Waals surface area contributed by atoms with Crippen LogP contribution in [0.4, 0.5) is 0 Å². The summed E-state index contributed by atoms with van der Waals surface area (Å²) in [6.45, 7) is 1.37. The van der Waals surface area contributed by atoms with Crippen molar-refractivity contribution in [1.82, 2.24) is 10.2 Å². The fraction of sp³-hybridized carbons (Fsp3) is 0.824. The molecule has 128 valence electrons. The third kappa shape index (κ3) is 3.00. The van der Waals surface area contributed by atoms with Gasteiger partial charge in [-0.1, -0.05) is 23.4 Å². The Kier molecular flexibility index (Phi) is 4.31. The van der Waals surface area contributed by atoms with Gasteiger partial charge in [0.2, 0.25) is 5.91 Å². The van der Waals surface area contributed by atoms with E-state index in [0.717, 1.165) is 47.9 Å². The van der Waals surface area contributed by atoms with Crippen LogP contribution in [-0.4, -0.2) is 36.6 Å². The number of methoxy groups -OCH3 is 1. The number of nitrogens with zero attached hydrogens (tertiary/aromatic N) is 1. The molecule has 0 aromatic heterocycles. The zero-order valence-corrected chi connectivity index (χ0v) is 15.2. The van der Waals surface area contributed by atoms with Crippen molar-refractivity contribution < 1.29 is 9.53 Å². The first kappa shape index (κ1) is 16.1. The van der Waals surface area contributed by atoms with E-state index in [1.807, 2.05) is 6.20 Å². The molecule has 1 unspecified atom stereocenters. The maximum atomic E-state index is 13.1. The SMILES string of the molecule is COCCN1C=C(Cl)SC1NC(=O)C12CC3CC(CC(C3)C1)C2. The predicted molar refractivity (Wildman–Crippen MR) is 92.6 cm³/mol. The van der Waals surface area contributed by atoms with Gasteiger partial charge >= 0.3 is 0 Å². The van der Waals surface area contributed by atoms with Gasteiger partial charge in [-0.2, -0.15) is 0 Å². The summed E-state index contributed by atoms with van der Waals surface area (Å²) in [4.78, 5) is 15.2. The highest BCUT2D eigenvalue weighted by Crippen LogP contribution is 2.60. The molecule has 1 N–H and O–H groups in total. The number of halogens is 1. The van der Waals surface area contributed by atoms with Crippen LogP contribution in [0.2, 0.25) is 0 Å². The van der Waals surface area contributed by atoms with E-state index < -0.39 is 0 Å². The molecule has 4 fully saturated rings. The van der Waals surface area contributed by atoms with Crippen LogP contribution in [0.15, 0.2) is 10.6 Å². The Hall–Kier alpha value is -0.390. The van der Waals surface area contributed by atoms with Crippen molar-refractivity contribution in [3.63, 3.8) is 0 Å². The Labute approximate surface area is 147 Å². The van der Waals surface area contributed by atoms with Gasteiger partial charge in [0, 0.05) is 19.9 Å². The number of rotatable bonds is 5. The Balaban J connectivity index is 1.43. The molecular weight excluding hydrogens is 332 g/mol. The normalized spacial score (nSPS) is 41.3. The average Bonchev–Trinajstić information content (AvgIpc) is 2.83. The van der Waals surface area contributed by atoms with Crippen LogP contribution >= 0.6 is 23.4 Å². The minimum atomic E-state index is -0.0999. The Bertz CT molecular complexity index is 489. The Morgan fingerprint density at radius 1 is 1.35 bits per heavy atom. The number of nitrogens with one attached hydrogen (secondary N) is 1. The monoisotopic (exact) mass is 356 g/mol. The van der Waals surface area contributed by atoms with Gasteiger partial charge in [-0.25, -0.2) is 0 Å². The fourth-order valence-electron chi connectivity index (χ4n) is 5.55. The van der Waals surface area contributed by atoms with Gasteiger partial charge in [-0.05, 0) is 56.3 Å². The number of carbonyl (C=O) groups is 1. The van der Waals surface area contributed by atoms with Crippen LogP contribution in [0.1, 0.15) is 38.5 Å². The van der Waals surface area contributed by atoms with Crippen LogP contribution in [0.3, 0.4) is 0 Å². The zero-order chi connectivity index (χ0) is 16.0. The second-order valence-electron chi connectivity index (χ2n) is 7.81. The fourth-order valence-corrected chi connectivity index (χ4v) is 6.80. The van der Waals surface area contributed by atoms with E-state index >= 15 is 0 Å². The molecule has 0 radical (unpaired) electrons. The van der Waals surface area contributed by atoms with Gasteiger partial charge in [-0.3, -0.25) is 4.79 Å². The molecular formula is C17H25ClN2O2S. The van der Waals surface area contributed by atoms with Crippen LogP contribution in [-0.2, 0) is 9.53 Å². The van der Waals surface area contributed by atoms with Crippen molar-refractivity contribution in [2.75, 3.05) is 20.3 Å². The Morgan fingerprint density at radius 2 is 1.96 bits per heavy atom. The van der Waals surface area contributed by atoms with E-state index in [1.54, 1.807) is 7.11 Å². The van der Waals surface area contributed by atoms with Gasteiger partial charge in [0.1, 0.15) is 0 Å². The smallest absolute Gasteiger partial charge is 0.228 e. The molecule has 0 spiro atoms. The Morgan fingerprint density at radius 3 is 2.52 bits per heavy atom. The number of amides is 1. The van der Waals surface area contributed by atoms with Gasteiger partial charge < -0.3 is 15.0 Å². The molecule has 0 aromatic carbocycles. The number of hydrogen-bond donors (Lipinski definition) is 1. The largest absolute Gasteiger partial charge is 0.383 e. The molecule has 0 aromatic rings. The summed E-state index contributed by atoms with van der Waals surface area (Å²) < 4.78 is 5.89. The summed E-state index contributed by atoms with van der Waals surface area (Å²) in [5, 5.41) is 3.28. The number of carbonyl (C=O) groups excluding carboxylic acids is 1. The second-order valence-corrected chi connectivity index (χ2v) is 9.56. The molecule has 5 aliphatic rings. The first-order valence-corrected chi connectivity index (χ1v) is 9.93. The predicted octanol–water partition coefficient (Wildman–Crippen LogP) is 3.34. The zero-order valence-electron chi connectivity index (χ0n) is 13.6. The topological polar surface area (TPSA) is 41.6 Å². The van der Waals surface area contributed by atoms with Crippen LogP contribution < -0.4 is 5.32 Å². The van der Waals surface area contributed by atoms with Crippen molar-refractivity contribution in [2.45, 2.75) is 44.0 Å². The average molecular weight is 357 g/mol. The minimum absolute atomic E-state index is 0.0850. The molecule has 6 heteroatoms.